The molecular formula is C12H22N2. The van der Waals surface area contributed by atoms with Crippen molar-refractivity contribution in [2.75, 3.05) is 11.9 Å². The average Bonchev–Trinajstić information content (AvgIpc) is 2.22. The summed E-state index contributed by atoms with van der Waals surface area (Å²) < 4.78 is 0. The lowest BCUT2D eigenvalue weighted by Gasteiger charge is -2.11. The lowest BCUT2D eigenvalue weighted by Crippen LogP contribution is -2.03. The highest BCUT2D eigenvalue weighted by Crippen LogP contribution is 2.20. The summed E-state index contributed by atoms with van der Waals surface area (Å²) in [6.45, 7) is 13.3. The van der Waals surface area contributed by atoms with E-state index in [1.165, 1.54) is 16.8 Å². The third-order valence-electron chi connectivity index (χ3n) is 2.13. The Balaban J connectivity index is 0.000000791. The number of hydrogen-bond donors (Lipinski definition) is 1. The SMILES string of the molecule is CC.CCNc1c(C)ncc(C)c1C. The molecule has 1 N–H and O–H groups in total. The van der Waals surface area contributed by atoms with Crippen LogP contribution < -0.4 is 5.32 Å². The van der Waals surface area contributed by atoms with Gasteiger partial charge in [0, 0.05) is 12.7 Å². The van der Waals surface area contributed by atoms with Crippen molar-refractivity contribution in [1.82, 2.24) is 4.98 Å². The molecule has 0 spiro atoms. The molecule has 0 aliphatic carbocycles. The average molecular weight is 194 g/mol. The maximum Gasteiger partial charge on any atom is 0.0606 e. The van der Waals surface area contributed by atoms with Crippen LogP contribution in [0.25, 0.3) is 0 Å². The van der Waals surface area contributed by atoms with E-state index < -0.39 is 0 Å². The Bertz CT molecular complexity index is 280. The van der Waals surface area contributed by atoms with Crippen LogP contribution in [0.5, 0.6) is 0 Å². The van der Waals surface area contributed by atoms with E-state index in [1.807, 2.05) is 27.0 Å². The van der Waals surface area contributed by atoms with Crippen LogP contribution in [0.3, 0.4) is 0 Å². The summed E-state index contributed by atoms with van der Waals surface area (Å²) in [6, 6.07) is 0. The first-order valence-corrected chi connectivity index (χ1v) is 5.33. The number of aromatic nitrogens is 1. The van der Waals surface area contributed by atoms with Gasteiger partial charge in [0.2, 0.25) is 0 Å². The highest BCUT2D eigenvalue weighted by atomic mass is 14.9. The molecule has 1 aromatic rings. The van der Waals surface area contributed by atoms with Crippen LogP contribution in [0.1, 0.15) is 37.6 Å². The number of pyridine rings is 1. The summed E-state index contributed by atoms with van der Waals surface area (Å²) in [4.78, 5) is 4.30. The molecule has 0 amide bonds. The van der Waals surface area contributed by atoms with Gasteiger partial charge in [-0.05, 0) is 38.8 Å². The van der Waals surface area contributed by atoms with Gasteiger partial charge in [0.15, 0.2) is 0 Å². The van der Waals surface area contributed by atoms with E-state index in [1.54, 1.807) is 0 Å². The number of hydrogen-bond acceptors (Lipinski definition) is 2. The zero-order valence-electron chi connectivity index (χ0n) is 10.2. The van der Waals surface area contributed by atoms with Crippen molar-refractivity contribution in [3.8, 4) is 0 Å². The van der Waals surface area contributed by atoms with Crippen LogP contribution in [0, 0.1) is 20.8 Å². The maximum absolute atomic E-state index is 4.30. The minimum absolute atomic E-state index is 0.951. The second-order valence-electron chi connectivity index (χ2n) is 3.06. The molecule has 0 fully saturated rings. The topological polar surface area (TPSA) is 24.9 Å². The van der Waals surface area contributed by atoms with E-state index in [2.05, 4.69) is 31.1 Å². The minimum Gasteiger partial charge on any atom is -0.384 e. The lowest BCUT2D eigenvalue weighted by molar-refractivity contribution is 1.10. The fraction of sp³-hybridized carbons (Fsp3) is 0.583. The van der Waals surface area contributed by atoms with Gasteiger partial charge in [0.1, 0.15) is 0 Å². The summed E-state index contributed by atoms with van der Waals surface area (Å²) in [5, 5.41) is 3.32. The van der Waals surface area contributed by atoms with Gasteiger partial charge in [0.05, 0.1) is 11.4 Å². The molecule has 0 aliphatic heterocycles. The molecular weight excluding hydrogens is 172 g/mol. The molecule has 0 saturated carbocycles. The molecule has 2 nitrogen and oxygen atoms in total. The fourth-order valence-electron chi connectivity index (χ4n) is 1.26. The minimum atomic E-state index is 0.951. The molecule has 14 heavy (non-hydrogen) atoms. The number of nitrogens with zero attached hydrogens (tertiary/aromatic N) is 1. The molecule has 0 unspecified atom stereocenters. The van der Waals surface area contributed by atoms with Gasteiger partial charge in [0.25, 0.3) is 0 Å². The highest BCUT2D eigenvalue weighted by Gasteiger charge is 2.03. The molecule has 2 heteroatoms. The molecule has 1 aromatic heterocycles. The normalized spacial score (nSPS) is 9.00. The van der Waals surface area contributed by atoms with Crippen LogP contribution in [0.2, 0.25) is 0 Å². The Morgan fingerprint density at radius 2 is 1.79 bits per heavy atom. The van der Waals surface area contributed by atoms with Crippen molar-refractivity contribution in [3.05, 3.63) is 23.0 Å². The summed E-state index contributed by atoms with van der Waals surface area (Å²) >= 11 is 0. The zero-order chi connectivity index (χ0) is 11.1. The fourth-order valence-corrected chi connectivity index (χ4v) is 1.26. The van der Waals surface area contributed by atoms with Crippen molar-refractivity contribution in [3.63, 3.8) is 0 Å². The molecule has 1 heterocycles. The predicted molar refractivity (Wildman–Crippen MR) is 64.0 cm³/mol. The van der Waals surface area contributed by atoms with E-state index in [4.69, 9.17) is 0 Å². The van der Waals surface area contributed by atoms with E-state index >= 15 is 0 Å². The predicted octanol–water partition coefficient (Wildman–Crippen LogP) is 3.46. The molecule has 0 aromatic carbocycles. The largest absolute Gasteiger partial charge is 0.384 e. The number of anilines is 1. The van der Waals surface area contributed by atoms with Crippen molar-refractivity contribution in [2.45, 2.75) is 41.5 Å². The third kappa shape index (κ3) is 3.02. The smallest absolute Gasteiger partial charge is 0.0606 e. The highest BCUT2D eigenvalue weighted by molar-refractivity contribution is 5.56. The lowest BCUT2D eigenvalue weighted by atomic mass is 10.1. The summed E-state index contributed by atoms with van der Waals surface area (Å²) in [5.41, 5.74) is 4.83. The van der Waals surface area contributed by atoms with E-state index in [0.717, 1.165) is 12.2 Å². The van der Waals surface area contributed by atoms with E-state index in [9.17, 15) is 0 Å². The summed E-state index contributed by atoms with van der Waals surface area (Å²) in [7, 11) is 0. The molecule has 0 radical (unpaired) electrons. The number of rotatable bonds is 2. The molecule has 0 aliphatic rings. The van der Waals surface area contributed by atoms with Crippen LogP contribution in [0.15, 0.2) is 6.20 Å². The van der Waals surface area contributed by atoms with Gasteiger partial charge in [-0.15, -0.1) is 0 Å². The van der Waals surface area contributed by atoms with Crippen molar-refractivity contribution >= 4 is 5.69 Å². The summed E-state index contributed by atoms with van der Waals surface area (Å²) in [6.07, 6.45) is 1.92. The van der Waals surface area contributed by atoms with Gasteiger partial charge in [-0.3, -0.25) is 4.98 Å². The third-order valence-corrected chi connectivity index (χ3v) is 2.13. The second kappa shape index (κ2) is 6.41. The van der Waals surface area contributed by atoms with Gasteiger partial charge in [-0.2, -0.15) is 0 Å². The van der Waals surface area contributed by atoms with Crippen LogP contribution in [0.4, 0.5) is 5.69 Å². The van der Waals surface area contributed by atoms with E-state index in [-0.39, 0.29) is 0 Å². The Labute approximate surface area is 87.8 Å². The van der Waals surface area contributed by atoms with Gasteiger partial charge in [-0.1, -0.05) is 13.8 Å². The van der Waals surface area contributed by atoms with Crippen molar-refractivity contribution in [2.24, 2.45) is 0 Å². The molecule has 0 bridgehead atoms. The second-order valence-corrected chi connectivity index (χ2v) is 3.06. The Morgan fingerprint density at radius 1 is 1.21 bits per heavy atom. The summed E-state index contributed by atoms with van der Waals surface area (Å²) in [5.74, 6) is 0. The van der Waals surface area contributed by atoms with Crippen LogP contribution in [-0.2, 0) is 0 Å². The Hall–Kier alpha value is -1.05. The Morgan fingerprint density at radius 3 is 2.29 bits per heavy atom. The maximum atomic E-state index is 4.30. The monoisotopic (exact) mass is 194 g/mol. The Kier molecular flexibility index (Phi) is 5.93. The molecule has 1 rings (SSSR count). The first kappa shape index (κ1) is 12.9. The molecule has 0 saturated heterocycles. The van der Waals surface area contributed by atoms with Gasteiger partial charge in [-0.25, -0.2) is 0 Å². The first-order valence-electron chi connectivity index (χ1n) is 5.33. The standard InChI is InChI=1S/C10H16N2.C2H6/c1-5-11-10-8(3)7(2)6-12-9(10)4;1-2/h6,11H,5H2,1-4H3;1-2H3. The van der Waals surface area contributed by atoms with Crippen LogP contribution in [-0.4, -0.2) is 11.5 Å². The van der Waals surface area contributed by atoms with Crippen molar-refractivity contribution < 1.29 is 0 Å². The number of nitrogens with one attached hydrogen (secondary N) is 1. The van der Waals surface area contributed by atoms with Gasteiger partial charge < -0.3 is 5.32 Å². The number of aryl methyl sites for hydroxylation is 2. The molecule has 80 valence electrons. The van der Waals surface area contributed by atoms with Gasteiger partial charge >= 0.3 is 0 Å². The first-order chi connectivity index (χ1) is 6.66. The van der Waals surface area contributed by atoms with E-state index in [0.29, 0.717) is 0 Å². The molecule has 0 atom stereocenters. The van der Waals surface area contributed by atoms with Crippen molar-refractivity contribution in [1.29, 1.82) is 0 Å². The quantitative estimate of drug-likeness (QED) is 0.779. The zero-order valence-corrected chi connectivity index (χ0v) is 10.2. The van der Waals surface area contributed by atoms with Crippen LogP contribution >= 0.6 is 0 Å².